The van der Waals surface area contributed by atoms with Gasteiger partial charge < -0.3 is 10.2 Å². The number of nitrogens with zero attached hydrogens (tertiary/aromatic N) is 2. The molecule has 8 heteroatoms. The Morgan fingerprint density at radius 2 is 1.65 bits per heavy atom. The standard InChI is InChI=1S/C18H15F3N2O3/c19-18(20,21)17(26)16(25)23(11-10-12-6-8-14(24)9-7-12)15(22-17)13-4-2-1-3-5-13/h1-9,24,26H,10-11H2. The molecule has 0 radical (unpaired) electrons. The van der Waals surface area contributed by atoms with E-state index in [1.807, 2.05) is 0 Å². The van der Waals surface area contributed by atoms with Crippen LogP contribution in [0.2, 0.25) is 0 Å². The summed E-state index contributed by atoms with van der Waals surface area (Å²) in [5, 5.41) is 19.2. The Labute approximate surface area is 147 Å². The number of amides is 1. The lowest BCUT2D eigenvalue weighted by molar-refractivity contribution is -0.248. The van der Waals surface area contributed by atoms with Gasteiger partial charge in [0.25, 0.3) is 5.91 Å². The van der Waals surface area contributed by atoms with Gasteiger partial charge in [0.15, 0.2) is 0 Å². The molecule has 0 saturated carbocycles. The first-order valence-corrected chi connectivity index (χ1v) is 7.76. The highest BCUT2D eigenvalue weighted by Crippen LogP contribution is 2.38. The predicted octanol–water partition coefficient (Wildman–Crippen LogP) is 2.47. The number of carbonyl (C=O) groups is 1. The van der Waals surface area contributed by atoms with Gasteiger partial charge in [-0.15, -0.1) is 0 Å². The molecule has 1 atom stereocenters. The third-order valence-electron chi connectivity index (χ3n) is 4.05. The van der Waals surface area contributed by atoms with E-state index in [0.717, 1.165) is 4.90 Å². The number of aliphatic imine (C=N–C) groups is 1. The van der Waals surface area contributed by atoms with Crippen molar-refractivity contribution in [2.45, 2.75) is 18.3 Å². The Kier molecular flexibility index (Phi) is 4.45. The van der Waals surface area contributed by atoms with Gasteiger partial charge in [0, 0.05) is 12.1 Å². The van der Waals surface area contributed by atoms with E-state index in [1.165, 1.54) is 24.3 Å². The summed E-state index contributed by atoms with van der Waals surface area (Å²) >= 11 is 0. The van der Waals surface area contributed by atoms with Crippen molar-refractivity contribution in [3.05, 3.63) is 65.7 Å². The minimum absolute atomic E-state index is 0.0592. The molecular weight excluding hydrogens is 349 g/mol. The Balaban J connectivity index is 1.92. The van der Waals surface area contributed by atoms with E-state index in [9.17, 15) is 28.2 Å². The summed E-state index contributed by atoms with van der Waals surface area (Å²) in [5.74, 6) is -1.69. The number of alkyl halides is 3. The molecule has 3 rings (SSSR count). The highest BCUT2D eigenvalue weighted by Gasteiger charge is 2.65. The minimum atomic E-state index is -5.22. The average molecular weight is 364 g/mol. The maximum Gasteiger partial charge on any atom is 0.448 e. The number of aliphatic hydroxyl groups is 1. The summed E-state index contributed by atoms with van der Waals surface area (Å²) in [6.45, 7) is -0.101. The first-order chi connectivity index (χ1) is 12.2. The van der Waals surface area contributed by atoms with Crippen molar-refractivity contribution in [3.63, 3.8) is 0 Å². The summed E-state index contributed by atoms with van der Waals surface area (Å²) in [6.07, 6.45) is -5.00. The maximum absolute atomic E-state index is 13.2. The van der Waals surface area contributed by atoms with Crippen LogP contribution in [0.25, 0.3) is 0 Å². The van der Waals surface area contributed by atoms with Crippen LogP contribution in [0.5, 0.6) is 5.75 Å². The number of hydrogen-bond acceptors (Lipinski definition) is 4. The topological polar surface area (TPSA) is 73.1 Å². The molecular formula is C18H15F3N2O3. The number of phenols is 1. The van der Waals surface area contributed by atoms with Gasteiger partial charge in [0.2, 0.25) is 0 Å². The summed E-state index contributed by atoms with van der Waals surface area (Å²) < 4.78 is 39.7. The molecule has 26 heavy (non-hydrogen) atoms. The number of benzene rings is 2. The first-order valence-electron chi connectivity index (χ1n) is 7.76. The number of carbonyl (C=O) groups excluding carboxylic acids is 1. The third-order valence-corrected chi connectivity index (χ3v) is 4.05. The normalized spacial score (nSPS) is 20.4. The Morgan fingerprint density at radius 3 is 2.23 bits per heavy atom. The van der Waals surface area contributed by atoms with Crippen LogP contribution in [-0.2, 0) is 11.2 Å². The van der Waals surface area contributed by atoms with E-state index in [0.29, 0.717) is 11.1 Å². The van der Waals surface area contributed by atoms with E-state index >= 15 is 0 Å². The first kappa shape index (κ1) is 17.9. The SMILES string of the molecule is O=C1N(CCc2ccc(O)cc2)C(c2ccccc2)=NC1(O)C(F)(F)F. The molecule has 1 amide bonds. The molecule has 1 heterocycles. The van der Waals surface area contributed by atoms with Crippen molar-refractivity contribution in [1.29, 1.82) is 0 Å². The van der Waals surface area contributed by atoms with Gasteiger partial charge in [0.1, 0.15) is 11.6 Å². The zero-order chi connectivity index (χ0) is 18.9. The molecule has 0 aliphatic carbocycles. The monoisotopic (exact) mass is 364 g/mol. The van der Waals surface area contributed by atoms with E-state index in [2.05, 4.69) is 4.99 Å². The molecule has 0 spiro atoms. The van der Waals surface area contributed by atoms with Gasteiger partial charge >= 0.3 is 11.9 Å². The van der Waals surface area contributed by atoms with Gasteiger partial charge in [-0.1, -0.05) is 42.5 Å². The molecule has 1 aliphatic heterocycles. The molecule has 2 aromatic rings. The Morgan fingerprint density at radius 1 is 1.04 bits per heavy atom. The molecule has 0 aromatic heterocycles. The molecule has 0 fully saturated rings. The number of phenolic OH excluding ortho intramolecular Hbond substituents is 1. The molecule has 1 unspecified atom stereocenters. The molecule has 2 N–H and O–H groups in total. The second-order valence-corrected chi connectivity index (χ2v) is 5.84. The van der Waals surface area contributed by atoms with E-state index < -0.39 is 17.8 Å². The maximum atomic E-state index is 13.2. The zero-order valence-electron chi connectivity index (χ0n) is 13.4. The lowest BCUT2D eigenvalue weighted by Crippen LogP contribution is -2.52. The van der Waals surface area contributed by atoms with Crippen molar-refractivity contribution in [2.24, 2.45) is 4.99 Å². The fourth-order valence-electron chi connectivity index (χ4n) is 2.65. The molecule has 1 aliphatic rings. The molecule has 0 bridgehead atoms. The van der Waals surface area contributed by atoms with Crippen LogP contribution >= 0.6 is 0 Å². The lowest BCUT2D eigenvalue weighted by atomic mass is 10.1. The molecule has 0 saturated heterocycles. The smallest absolute Gasteiger partial charge is 0.448 e. The fourth-order valence-corrected chi connectivity index (χ4v) is 2.65. The van der Waals surface area contributed by atoms with Crippen molar-refractivity contribution in [3.8, 4) is 5.75 Å². The van der Waals surface area contributed by atoms with Crippen LogP contribution in [0.4, 0.5) is 13.2 Å². The summed E-state index contributed by atoms with van der Waals surface area (Å²) in [7, 11) is 0. The number of rotatable bonds is 4. The minimum Gasteiger partial charge on any atom is -0.508 e. The van der Waals surface area contributed by atoms with Gasteiger partial charge in [-0.05, 0) is 24.1 Å². The highest BCUT2D eigenvalue weighted by molar-refractivity contribution is 6.14. The zero-order valence-corrected chi connectivity index (χ0v) is 13.4. The van der Waals surface area contributed by atoms with Crippen LogP contribution in [0.3, 0.4) is 0 Å². The highest BCUT2D eigenvalue weighted by atomic mass is 19.4. The van der Waals surface area contributed by atoms with Crippen molar-refractivity contribution in [2.75, 3.05) is 6.54 Å². The Hall–Kier alpha value is -2.87. The number of aromatic hydroxyl groups is 1. The van der Waals surface area contributed by atoms with Crippen LogP contribution in [-0.4, -0.2) is 45.3 Å². The van der Waals surface area contributed by atoms with Crippen LogP contribution in [0.15, 0.2) is 59.6 Å². The van der Waals surface area contributed by atoms with E-state index in [1.54, 1.807) is 30.3 Å². The summed E-state index contributed by atoms with van der Waals surface area (Å²) in [4.78, 5) is 16.5. The van der Waals surface area contributed by atoms with Crippen LogP contribution < -0.4 is 0 Å². The molecule has 136 valence electrons. The van der Waals surface area contributed by atoms with Gasteiger partial charge in [-0.2, -0.15) is 13.2 Å². The van der Waals surface area contributed by atoms with Gasteiger partial charge in [-0.3, -0.25) is 9.69 Å². The van der Waals surface area contributed by atoms with Gasteiger partial charge in [0.05, 0.1) is 0 Å². The van der Waals surface area contributed by atoms with Crippen molar-refractivity contribution < 1.29 is 28.2 Å². The molecule has 2 aromatic carbocycles. The van der Waals surface area contributed by atoms with Crippen LogP contribution in [0, 0.1) is 0 Å². The number of hydrogen-bond donors (Lipinski definition) is 2. The van der Waals surface area contributed by atoms with Crippen molar-refractivity contribution in [1.82, 2.24) is 4.90 Å². The quantitative estimate of drug-likeness (QED) is 0.875. The summed E-state index contributed by atoms with van der Waals surface area (Å²) in [6, 6.07) is 14.0. The predicted molar refractivity (Wildman–Crippen MR) is 87.5 cm³/mol. The second kappa shape index (κ2) is 6.45. The summed E-state index contributed by atoms with van der Waals surface area (Å²) in [5.41, 5.74) is -2.77. The van der Waals surface area contributed by atoms with Crippen molar-refractivity contribution >= 4 is 11.7 Å². The average Bonchev–Trinajstić information content (AvgIpc) is 2.88. The van der Waals surface area contributed by atoms with E-state index in [-0.39, 0.29) is 24.6 Å². The molecule has 5 nitrogen and oxygen atoms in total. The fraction of sp³-hybridized carbons (Fsp3) is 0.222. The largest absolute Gasteiger partial charge is 0.508 e. The van der Waals surface area contributed by atoms with Gasteiger partial charge in [-0.25, -0.2) is 4.99 Å². The lowest BCUT2D eigenvalue weighted by Gasteiger charge is -2.23. The third kappa shape index (κ3) is 3.15. The number of amidine groups is 1. The van der Waals surface area contributed by atoms with Crippen LogP contribution in [0.1, 0.15) is 11.1 Å². The second-order valence-electron chi connectivity index (χ2n) is 5.84. The Bertz CT molecular complexity index is 835. The van der Waals surface area contributed by atoms with E-state index in [4.69, 9.17) is 0 Å². The number of halogens is 3.